The number of ether oxygens (including phenoxy) is 1. The Kier molecular flexibility index (Phi) is 8.15. The van der Waals surface area contributed by atoms with Crippen LogP contribution < -0.4 is 15.4 Å². The van der Waals surface area contributed by atoms with Crippen molar-refractivity contribution in [3.63, 3.8) is 0 Å². The van der Waals surface area contributed by atoms with Crippen molar-refractivity contribution in [2.75, 3.05) is 39.3 Å². The number of likely N-dealkylation sites (tertiary alicyclic amines) is 1. The highest BCUT2D eigenvalue weighted by molar-refractivity contribution is 6.42. The minimum atomic E-state index is 0.0664. The number of nitrogens with zero attached hydrogens (tertiary/aromatic N) is 2. The first-order valence-corrected chi connectivity index (χ1v) is 9.24. The van der Waals surface area contributed by atoms with Gasteiger partial charge in [-0.15, -0.1) is 0 Å². The molecule has 0 radical (unpaired) electrons. The van der Waals surface area contributed by atoms with Crippen molar-refractivity contribution in [3.05, 3.63) is 28.2 Å². The van der Waals surface area contributed by atoms with E-state index < -0.39 is 0 Å². The normalized spacial score (nSPS) is 14.5. The van der Waals surface area contributed by atoms with Crippen molar-refractivity contribution in [1.29, 1.82) is 0 Å². The summed E-state index contributed by atoms with van der Waals surface area (Å²) < 4.78 is 5.62. The van der Waals surface area contributed by atoms with Crippen LogP contribution in [0.2, 0.25) is 10.0 Å². The maximum absolute atomic E-state index is 12.0. The molecule has 1 saturated heterocycles. The van der Waals surface area contributed by atoms with E-state index in [0.717, 1.165) is 25.9 Å². The molecule has 0 saturated carbocycles. The van der Waals surface area contributed by atoms with Gasteiger partial charge in [0.25, 0.3) is 0 Å². The third-order valence-corrected chi connectivity index (χ3v) is 4.55. The van der Waals surface area contributed by atoms with Crippen molar-refractivity contribution in [2.24, 2.45) is 4.99 Å². The summed E-state index contributed by atoms with van der Waals surface area (Å²) in [4.78, 5) is 18.2. The largest absolute Gasteiger partial charge is 0.490 e. The molecule has 0 aromatic heterocycles. The van der Waals surface area contributed by atoms with Crippen molar-refractivity contribution in [3.8, 4) is 5.75 Å². The fraction of sp³-hybridized carbons (Fsp3) is 0.529. The Bertz CT molecular complexity index is 604. The smallest absolute Gasteiger partial charge is 0.244 e. The highest BCUT2D eigenvalue weighted by Gasteiger charge is 2.17. The molecule has 1 aromatic carbocycles. The first-order valence-electron chi connectivity index (χ1n) is 8.48. The lowest BCUT2D eigenvalue weighted by molar-refractivity contribution is -0.128. The minimum absolute atomic E-state index is 0.0664. The molecule has 1 aliphatic heterocycles. The summed E-state index contributed by atoms with van der Waals surface area (Å²) in [6, 6.07) is 5.26. The van der Waals surface area contributed by atoms with Gasteiger partial charge in [-0.25, -0.2) is 4.99 Å². The number of carbonyl (C=O) groups is 1. The number of benzene rings is 1. The third-order valence-electron chi connectivity index (χ3n) is 3.74. The molecule has 8 heteroatoms. The average molecular weight is 387 g/mol. The lowest BCUT2D eigenvalue weighted by atomic mass is 10.3. The van der Waals surface area contributed by atoms with E-state index in [1.807, 2.05) is 11.8 Å². The molecule has 138 valence electrons. The summed E-state index contributed by atoms with van der Waals surface area (Å²) in [6.45, 7) is 5.43. The van der Waals surface area contributed by atoms with E-state index in [2.05, 4.69) is 15.6 Å². The molecule has 0 atom stereocenters. The van der Waals surface area contributed by atoms with Gasteiger partial charge in [-0.2, -0.15) is 0 Å². The standard InChI is InChI=1S/C17H24Cl2N4O2/c1-2-20-17(22-12-15(24)23-9-3-4-10-23)21-8-11-25-14-7-5-6-13(18)16(14)19/h5-7H,2-4,8-12H2,1H3,(H2,20,21,22). The van der Waals surface area contributed by atoms with Crippen molar-refractivity contribution in [2.45, 2.75) is 19.8 Å². The van der Waals surface area contributed by atoms with Crippen LogP contribution in [0, 0.1) is 0 Å². The summed E-state index contributed by atoms with van der Waals surface area (Å²) in [5.74, 6) is 1.20. The van der Waals surface area contributed by atoms with Gasteiger partial charge in [0.1, 0.15) is 23.9 Å². The monoisotopic (exact) mass is 386 g/mol. The first kappa shape index (κ1) is 19.7. The van der Waals surface area contributed by atoms with Gasteiger partial charge in [0.2, 0.25) is 5.91 Å². The number of aliphatic imine (C=N–C) groups is 1. The second-order valence-electron chi connectivity index (χ2n) is 5.61. The van der Waals surface area contributed by atoms with E-state index in [1.165, 1.54) is 0 Å². The van der Waals surface area contributed by atoms with Crippen LogP contribution >= 0.6 is 23.2 Å². The molecule has 1 aliphatic rings. The number of rotatable bonds is 7. The molecule has 0 aliphatic carbocycles. The summed E-state index contributed by atoms with van der Waals surface area (Å²) in [5.41, 5.74) is 0. The van der Waals surface area contributed by atoms with E-state index in [9.17, 15) is 4.79 Å². The zero-order chi connectivity index (χ0) is 18.1. The molecule has 0 bridgehead atoms. The molecule has 2 rings (SSSR count). The third kappa shape index (κ3) is 6.29. The molecule has 0 spiro atoms. The van der Waals surface area contributed by atoms with Crippen LogP contribution in [0.25, 0.3) is 0 Å². The van der Waals surface area contributed by atoms with Crippen molar-refractivity contribution < 1.29 is 9.53 Å². The number of halogens is 2. The molecule has 1 amide bonds. The Morgan fingerprint density at radius 1 is 1.28 bits per heavy atom. The van der Waals surface area contributed by atoms with Crippen LogP contribution in [0.4, 0.5) is 0 Å². The predicted octanol–water partition coefficient (Wildman–Crippen LogP) is 2.55. The van der Waals surface area contributed by atoms with Gasteiger partial charge in [0.05, 0.1) is 11.6 Å². The maximum Gasteiger partial charge on any atom is 0.244 e. The summed E-state index contributed by atoms with van der Waals surface area (Å²) in [7, 11) is 0. The van der Waals surface area contributed by atoms with Gasteiger partial charge in [-0.1, -0.05) is 29.3 Å². The first-order chi connectivity index (χ1) is 12.1. The van der Waals surface area contributed by atoms with E-state index in [0.29, 0.717) is 41.5 Å². The molecular formula is C17H24Cl2N4O2. The minimum Gasteiger partial charge on any atom is -0.490 e. The van der Waals surface area contributed by atoms with Gasteiger partial charge in [0, 0.05) is 19.6 Å². The number of nitrogens with one attached hydrogen (secondary N) is 2. The number of guanidine groups is 1. The summed E-state index contributed by atoms with van der Waals surface area (Å²) in [5, 5.41) is 7.12. The van der Waals surface area contributed by atoms with Crippen molar-refractivity contribution in [1.82, 2.24) is 15.5 Å². The Morgan fingerprint density at radius 3 is 2.76 bits per heavy atom. The van der Waals surface area contributed by atoms with Crippen LogP contribution in [0.1, 0.15) is 19.8 Å². The van der Waals surface area contributed by atoms with E-state index in [4.69, 9.17) is 27.9 Å². The fourth-order valence-electron chi connectivity index (χ4n) is 2.48. The van der Waals surface area contributed by atoms with Gasteiger partial charge in [-0.05, 0) is 31.9 Å². The van der Waals surface area contributed by atoms with Crippen LogP contribution in [0.15, 0.2) is 23.2 Å². The van der Waals surface area contributed by atoms with Crippen LogP contribution in [-0.2, 0) is 4.79 Å². The maximum atomic E-state index is 12.0. The Morgan fingerprint density at radius 2 is 2.04 bits per heavy atom. The zero-order valence-electron chi connectivity index (χ0n) is 14.4. The highest BCUT2D eigenvalue weighted by Crippen LogP contribution is 2.31. The topological polar surface area (TPSA) is 66.0 Å². The second-order valence-corrected chi connectivity index (χ2v) is 6.40. The van der Waals surface area contributed by atoms with E-state index >= 15 is 0 Å². The van der Waals surface area contributed by atoms with Gasteiger partial charge in [0.15, 0.2) is 5.96 Å². The lowest BCUT2D eigenvalue weighted by Crippen LogP contribution is -2.40. The zero-order valence-corrected chi connectivity index (χ0v) is 15.9. The Hall–Kier alpha value is -1.66. The van der Waals surface area contributed by atoms with Crippen LogP contribution in [0.3, 0.4) is 0 Å². The average Bonchev–Trinajstić information content (AvgIpc) is 3.14. The predicted molar refractivity (Wildman–Crippen MR) is 102 cm³/mol. The molecule has 1 fully saturated rings. The second kappa shape index (κ2) is 10.4. The van der Waals surface area contributed by atoms with E-state index in [1.54, 1.807) is 18.2 Å². The molecule has 1 aromatic rings. The number of hydrogen-bond acceptors (Lipinski definition) is 3. The number of amides is 1. The molecule has 2 N–H and O–H groups in total. The molecule has 6 nitrogen and oxygen atoms in total. The quantitative estimate of drug-likeness (QED) is 0.429. The van der Waals surface area contributed by atoms with Gasteiger partial charge in [-0.3, -0.25) is 4.79 Å². The summed E-state index contributed by atoms with van der Waals surface area (Å²) >= 11 is 12.0. The van der Waals surface area contributed by atoms with Crippen LogP contribution in [0.5, 0.6) is 5.75 Å². The summed E-state index contributed by atoms with van der Waals surface area (Å²) in [6.07, 6.45) is 2.16. The Labute approximate surface area is 158 Å². The Balaban J connectivity index is 1.77. The van der Waals surface area contributed by atoms with E-state index in [-0.39, 0.29) is 12.5 Å². The molecule has 25 heavy (non-hydrogen) atoms. The molecule has 1 heterocycles. The highest BCUT2D eigenvalue weighted by atomic mass is 35.5. The lowest BCUT2D eigenvalue weighted by Gasteiger charge is -2.15. The number of carbonyl (C=O) groups excluding carboxylic acids is 1. The number of hydrogen-bond donors (Lipinski definition) is 2. The molecular weight excluding hydrogens is 363 g/mol. The SMILES string of the molecule is CCNC(=NCC(=O)N1CCCC1)NCCOc1cccc(Cl)c1Cl. The molecule has 0 unspecified atom stereocenters. The van der Waals surface area contributed by atoms with Gasteiger partial charge < -0.3 is 20.3 Å². The van der Waals surface area contributed by atoms with Crippen molar-refractivity contribution >= 4 is 35.1 Å². The fourth-order valence-corrected chi connectivity index (χ4v) is 2.83. The van der Waals surface area contributed by atoms with Crippen LogP contribution in [-0.4, -0.2) is 56.1 Å². The van der Waals surface area contributed by atoms with Gasteiger partial charge >= 0.3 is 0 Å².